The zero-order valence-electron chi connectivity index (χ0n) is 12.5. The lowest BCUT2D eigenvalue weighted by atomic mass is 9.60. The van der Waals surface area contributed by atoms with Gasteiger partial charge >= 0.3 is 0 Å². The zero-order chi connectivity index (χ0) is 13.6. The maximum absolute atomic E-state index is 6.38. The zero-order valence-corrected chi connectivity index (χ0v) is 12.5. The summed E-state index contributed by atoms with van der Waals surface area (Å²) >= 11 is 0. The minimum atomic E-state index is 0.369. The minimum absolute atomic E-state index is 0.369. The van der Waals surface area contributed by atoms with E-state index in [2.05, 4.69) is 24.4 Å². The molecular weight excluding hydrogens is 238 g/mol. The summed E-state index contributed by atoms with van der Waals surface area (Å²) in [5, 5.41) is 7.94. The first kappa shape index (κ1) is 13.0. The molecule has 3 rings (SSSR count). The Kier molecular flexibility index (Phi) is 3.08. The van der Waals surface area contributed by atoms with Crippen LogP contribution in [-0.2, 0) is 7.05 Å². The van der Waals surface area contributed by atoms with Gasteiger partial charge < -0.3 is 10.1 Å². The van der Waals surface area contributed by atoms with Gasteiger partial charge in [0.05, 0.1) is 5.69 Å². The average molecular weight is 263 g/mol. The Morgan fingerprint density at radius 1 is 1.32 bits per heavy atom. The Morgan fingerprint density at radius 2 is 2.00 bits per heavy atom. The smallest absolute Gasteiger partial charge is 0.163 e. The first-order chi connectivity index (χ1) is 9.08. The van der Waals surface area contributed by atoms with Gasteiger partial charge in [0.25, 0.3) is 0 Å². The van der Waals surface area contributed by atoms with Crippen LogP contribution in [0.3, 0.4) is 0 Å². The van der Waals surface area contributed by atoms with Gasteiger partial charge in [-0.05, 0) is 33.7 Å². The lowest BCUT2D eigenvalue weighted by molar-refractivity contribution is -0.0742. The molecule has 0 aliphatic heterocycles. The van der Waals surface area contributed by atoms with Crippen molar-refractivity contribution in [3.8, 4) is 5.75 Å². The van der Waals surface area contributed by atoms with Gasteiger partial charge in [-0.1, -0.05) is 12.8 Å². The summed E-state index contributed by atoms with van der Waals surface area (Å²) < 4.78 is 8.30. The van der Waals surface area contributed by atoms with Crippen LogP contribution in [0.2, 0.25) is 0 Å². The highest BCUT2D eigenvalue weighted by atomic mass is 16.5. The van der Waals surface area contributed by atoms with Crippen molar-refractivity contribution in [3.05, 3.63) is 11.4 Å². The summed E-state index contributed by atoms with van der Waals surface area (Å²) in [5.74, 6) is 1.01. The summed E-state index contributed by atoms with van der Waals surface area (Å²) in [6, 6.07) is 0.636. The van der Waals surface area contributed by atoms with Crippen molar-refractivity contribution >= 4 is 0 Å². The van der Waals surface area contributed by atoms with E-state index in [1.807, 2.05) is 18.7 Å². The number of ether oxygens (including phenoxy) is 1. The summed E-state index contributed by atoms with van der Waals surface area (Å²) in [6.45, 7) is 4.13. The van der Waals surface area contributed by atoms with E-state index in [1.54, 1.807) is 0 Å². The third-order valence-corrected chi connectivity index (χ3v) is 5.37. The first-order valence-corrected chi connectivity index (χ1v) is 7.42. The van der Waals surface area contributed by atoms with Crippen molar-refractivity contribution in [1.29, 1.82) is 0 Å². The molecule has 4 heteroatoms. The number of aryl methyl sites for hydroxylation is 2. The Bertz CT molecular complexity index is 474. The van der Waals surface area contributed by atoms with Crippen LogP contribution in [0, 0.1) is 19.3 Å². The molecule has 4 nitrogen and oxygen atoms in total. The molecule has 2 aliphatic carbocycles. The van der Waals surface area contributed by atoms with E-state index in [-0.39, 0.29) is 0 Å². The Labute approximate surface area is 115 Å². The van der Waals surface area contributed by atoms with Crippen molar-refractivity contribution in [3.63, 3.8) is 0 Å². The molecule has 1 aromatic heterocycles. The lowest BCUT2D eigenvalue weighted by Crippen LogP contribution is -2.63. The second-order valence-corrected chi connectivity index (χ2v) is 6.25. The Morgan fingerprint density at radius 3 is 2.53 bits per heavy atom. The highest BCUT2D eigenvalue weighted by Gasteiger charge is 2.57. The highest BCUT2D eigenvalue weighted by molar-refractivity contribution is 5.33. The van der Waals surface area contributed by atoms with E-state index in [0.29, 0.717) is 17.6 Å². The number of hydrogen-bond acceptors (Lipinski definition) is 3. The molecule has 0 aromatic carbocycles. The lowest BCUT2D eigenvalue weighted by Gasteiger charge is -2.53. The second-order valence-electron chi connectivity index (χ2n) is 6.25. The number of nitrogens with one attached hydrogen (secondary N) is 1. The maximum atomic E-state index is 6.38. The van der Waals surface area contributed by atoms with Gasteiger partial charge in [-0.2, -0.15) is 5.10 Å². The van der Waals surface area contributed by atoms with E-state index in [1.165, 1.54) is 25.7 Å². The average Bonchev–Trinajstić information content (AvgIpc) is 2.96. The molecule has 0 bridgehead atoms. The van der Waals surface area contributed by atoms with Crippen LogP contribution in [0.1, 0.15) is 43.5 Å². The van der Waals surface area contributed by atoms with E-state index in [9.17, 15) is 0 Å². The molecule has 1 heterocycles. The van der Waals surface area contributed by atoms with Crippen LogP contribution < -0.4 is 10.1 Å². The van der Waals surface area contributed by atoms with Crippen LogP contribution in [0.25, 0.3) is 0 Å². The van der Waals surface area contributed by atoms with Crippen molar-refractivity contribution in [2.45, 2.75) is 58.1 Å². The fourth-order valence-corrected chi connectivity index (χ4v) is 4.09. The number of nitrogens with zero attached hydrogens (tertiary/aromatic N) is 2. The predicted molar refractivity (Wildman–Crippen MR) is 75.5 cm³/mol. The van der Waals surface area contributed by atoms with E-state index in [4.69, 9.17) is 4.74 Å². The first-order valence-electron chi connectivity index (χ1n) is 7.42. The highest BCUT2D eigenvalue weighted by Crippen LogP contribution is 2.54. The molecule has 2 fully saturated rings. The van der Waals surface area contributed by atoms with E-state index >= 15 is 0 Å². The summed E-state index contributed by atoms with van der Waals surface area (Å²) in [6.07, 6.45) is 6.81. The fourth-order valence-electron chi connectivity index (χ4n) is 4.09. The molecule has 1 spiro atoms. The standard InChI is InChI=1S/C15H25N3O/c1-10-14(11(2)18(4)17-10)19-13-9-12(16-3)15(13)7-5-6-8-15/h12-13,16H,5-9H2,1-4H3. The van der Waals surface area contributed by atoms with Gasteiger partial charge in [0.2, 0.25) is 0 Å². The molecule has 0 radical (unpaired) electrons. The molecule has 2 unspecified atom stereocenters. The molecule has 0 saturated heterocycles. The molecule has 2 atom stereocenters. The van der Waals surface area contributed by atoms with Crippen molar-refractivity contribution < 1.29 is 4.74 Å². The topological polar surface area (TPSA) is 39.1 Å². The quantitative estimate of drug-likeness (QED) is 0.909. The number of rotatable bonds is 3. The van der Waals surface area contributed by atoms with Crippen LogP contribution in [0.5, 0.6) is 5.75 Å². The molecule has 106 valence electrons. The van der Waals surface area contributed by atoms with E-state index < -0.39 is 0 Å². The second kappa shape index (κ2) is 4.51. The fraction of sp³-hybridized carbons (Fsp3) is 0.800. The van der Waals surface area contributed by atoms with E-state index in [0.717, 1.165) is 23.6 Å². The van der Waals surface area contributed by atoms with Crippen LogP contribution in [0.4, 0.5) is 0 Å². The molecule has 2 aliphatic rings. The van der Waals surface area contributed by atoms with Gasteiger partial charge in [-0.25, -0.2) is 0 Å². The molecular formula is C15H25N3O. The molecule has 2 saturated carbocycles. The summed E-state index contributed by atoms with van der Waals surface area (Å²) in [5.41, 5.74) is 2.53. The molecule has 1 aromatic rings. The van der Waals surface area contributed by atoms with Crippen LogP contribution in [-0.4, -0.2) is 29.0 Å². The molecule has 1 N–H and O–H groups in total. The van der Waals surface area contributed by atoms with Gasteiger partial charge in [0, 0.05) is 24.9 Å². The Balaban J connectivity index is 1.80. The van der Waals surface area contributed by atoms with Gasteiger partial charge in [-0.3, -0.25) is 4.68 Å². The summed E-state index contributed by atoms with van der Waals surface area (Å²) in [4.78, 5) is 0. The monoisotopic (exact) mass is 263 g/mol. The van der Waals surface area contributed by atoms with Crippen molar-refractivity contribution in [1.82, 2.24) is 15.1 Å². The molecule has 0 amide bonds. The minimum Gasteiger partial charge on any atom is -0.486 e. The third kappa shape index (κ3) is 1.80. The maximum Gasteiger partial charge on any atom is 0.163 e. The van der Waals surface area contributed by atoms with Crippen LogP contribution >= 0.6 is 0 Å². The Hall–Kier alpha value is -1.03. The van der Waals surface area contributed by atoms with Gasteiger partial charge in [-0.15, -0.1) is 0 Å². The SMILES string of the molecule is CNC1CC(Oc2c(C)nn(C)c2C)C12CCCC2. The van der Waals surface area contributed by atoms with Gasteiger partial charge in [0.1, 0.15) is 11.8 Å². The van der Waals surface area contributed by atoms with Crippen molar-refractivity contribution in [2.75, 3.05) is 7.05 Å². The predicted octanol–water partition coefficient (Wildman–Crippen LogP) is 2.34. The normalized spacial score (nSPS) is 28.6. The summed E-state index contributed by atoms with van der Waals surface area (Å²) in [7, 11) is 4.07. The molecule has 19 heavy (non-hydrogen) atoms. The van der Waals surface area contributed by atoms with Gasteiger partial charge in [0.15, 0.2) is 5.75 Å². The van der Waals surface area contributed by atoms with Crippen LogP contribution in [0.15, 0.2) is 0 Å². The number of hydrogen-bond donors (Lipinski definition) is 1. The number of aromatic nitrogens is 2. The van der Waals surface area contributed by atoms with Crippen molar-refractivity contribution in [2.24, 2.45) is 12.5 Å². The third-order valence-electron chi connectivity index (χ3n) is 5.37. The largest absolute Gasteiger partial charge is 0.486 e.